The predicted octanol–water partition coefficient (Wildman–Crippen LogP) is 1.54. The van der Waals surface area contributed by atoms with Gasteiger partial charge >= 0.3 is 12.0 Å². The summed E-state index contributed by atoms with van der Waals surface area (Å²) >= 11 is 5.86. The number of halogens is 1. The van der Waals surface area contributed by atoms with Crippen molar-refractivity contribution in [3.63, 3.8) is 0 Å². The van der Waals surface area contributed by atoms with E-state index in [1.54, 1.807) is 31.2 Å². The monoisotopic (exact) mass is 300 g/mol. The van der Waals surface area contributed by atoms with Gasteiger partial charge in [0.2, 0.25) is 0 Å². The molecule has 1 rings (SSSR count). The van der Waals surface area contributed by atoms with Crippen LogP contribution in [0.4, 0.5) is 4.79 Å². The SMILES string of the molecule is CC(NC(=O)NC(CCO)C(=O)O)c1cccc(Cl)c1. The molecule has 0 saturated carbocycles. The van der Waals surface area contributed by atoms with Crippen LogP contribution >= 0.6 is 11.6 Å². The molecule has 1 aromatic rings. The standard InChI is InChI=1S/C13H17ClN2O4/c1-8(9-3-2-4-10(14)7-9)15-13(20)16-11(5-6-17)12(18)19/h2-4,7-8,11,17H,5-6H2,1H3,(H,18,19)(H2,15,16,20). The van der Waals surface area contributed by atoms with Crippen LogP contribution in [0, 0.1) is 0 Å². The van der Waals surface area contributed by atoms with Crippen LogP contribution in [0.5, 0.6) is 0 Å². The molecule has 2 unspecified atom stereocenters. The van der Waals surface area contributed by atoms with Crippen LogP contribution < -0.4 is 10.6 Å². The summed E-state index contributed by atoms with van der Waals surface area (Å²) in [6, 6.07) is 4.95. The number of aliphatic carboxylic acids is 1. The number of carboxylic acid groups (broad SMARTS) is 1. The first-order chi connectivity index (χ1) is 9.43. The third-order valence-corrected chi connectivity index (χ3v) is 2.95. The van der Waals surface area contributed by atoms with Gasteiger partial charge in [0.05, 0.1) is 6.04 Å². The average molecular weight is 301 g/mol. The Morgan fingerprint density at radius 1 is 1.35 bits per heavy atom. The van der Waals surface area contributed by atoms with Crippen molar-refractivity contribution in [2.45, 2.75) is 25.4 Å². The molecule has 2 atom stereocenters. The number of carbonyl (C=O) groups is 2. The molecule has 0 aliphatic heterocycles. The largest absolute Gasteiger partial charge is 0.480 e. The van der Waals surface area contributed by atoms with E-state index in [1.807, 2.05) is 0 Å². The summed E-state index contributed by atoms with van der Waals surface area (Å²) in [6.45, 7) is 1.44. The lowest BCUT2D eigenvalue weighted by Gasteiger charge is -2.18. The number of nitrogens with one attached hydrogen (secondary N) is 2. The van der Waals surface area contributed by atoms with Crippen LogP contribution in [0.2, 0.25) is 5.02 Å². The zero-order chi connectivity index (χ0) is 15.1. The smallest absolute Gasteiger partial charge is 0.326 e. The Morgan fingerprint density at radius 3 is 2.60 bits per heavy atom. The lowest BCUT2D eigenvalue weighted by Crippen LogP contribution is -2.47. The van der Waals surface area contributed by atoms with E-state index in [0.717, 1.165) is 5.56 Å². The molecule has 0 aliphatic rings. The summed E-state index contributed by atoms with van der Waals surface area (Å²) < 4.78 is 0. The first-order valence-corrected chi connectivity index (χ1v) is 6.48. The van der Waals surface area contributed by atoms with Gasteiger partial charge in [-0.2, -0.15) is 0 Å². The lowest BCUT2D eigenvalue weighted by atomic mass is 10.1. The molecule has 0 fully saturated rings. The highest BCUT2D eigenvalue weighted by atomic mass is 35.5. The zero-order valence-electron chi connectivity index (χ0n) is 11.0. The maximum Gasteiger partial charge on any atom is 0.326 e. The molecule has 0 spiro atoms. The van der Waals surface area contributed by atoms with Crippen molar-refractivity contribution in [2.75, 3.05) is 6.61 Å². The summed E-state index contributed by atoms with van der Waals surface area (Å²) in [5.74, 6) is -1.19. The molecular weight excluding hydrogens is 284 g/mol. The van der Waals surface area contributed by atoms with Gasteiger partial charge in [0.1, 0.15) is 6.04 Å². The Hall–Kier alpha value is -1.79. The second-order valence-corrected chi connectivity index (χ2v) is 4.73. The van der Waals surface area contributed by atoms with Crippen LogP contribution in [-0.2, 0) is 4.79 Å². The van der Waals surface area contributed by atoms with Gasteiger partial charge in [0.25, 0.3) is 0 Å². The summed E-state index contributed by atoms with van der Waals surface area (Å²) in [4.78, 5) is 22.6. The van der Waals surface area contributed by atoms with E-state index < -0.39 is 18.0 Å². The number of benzene rings is 1. The van der Waals surface area contributed by atoms with Crippen LogP contribution in [-0.4, -0.2) is 34.9 Å². The summed E-state index contributed by atoms with van der Waals surface area (Å²) in [5, 5.41) is 23.1. The molecule has 0 aromatic heterocycles. The Morgan fingerprint density at radius 2 is 2.05 bits per heavy atom. The van der Waals surface area contributed by atoms with Crippen molar-refractivity contribution in [3.8, 4) is 0 Å². The van der Waals surface area contributed by atoms with E-state index >= 15 is 0 Å². The highest BCUT2D eigenvalue weighted by Gasteiger charge is 2.20. The molecule has 0 saturated heterocycles. The summed E-state index contributed by atoms with van der Waals surface area (Å²) in [6.07, 6.45) is -0.0473. The average Bonchev–Trinajstić information content (AvgIpc) is 2.38. The zero-order valence-corrected chi connectivity index (χ0v) is 11.7. The molecule has 2 amide bonds. The number of rotatable bonds is 6. The fraction of sp³-hybridized carbons (Fsp3) is 0.385. The van der Waals surface area contributed by atoms with Crippen molar-refractivity contribution in [1.29, 1.82) is 0 Å². The second-order valence-electron chi connectivity index (χ2n) is 4.30. The van der Waals surface area contributed by atoms with Crippen molar-refractivity contribution >= 4 is 23.6 Å². The van der Waals surface area contributed by atoms with Crippen molar-refractivity contribution < 1.29 is 19.8 Å². The number of carboxylic acids is 1. The number of amides is 2. The lowest BCUT2D eigenvalue weighted by molar-refractivity contribution is -0.139. The van der Waals surface area contributed by atoms with E-state index in [2.05, 4.69) is 10.6 Å². The fourth-order valence-corrected chi connectivity index (χ4v) is 1.84. The topological polar surface area (TPSA) is 98.7 Å². The van der Waals surface area contributed by atoms with E-state index in [9.17, 15) is 9.59 Å². The first kappa shape index (κ1) is 16.3. The Kier molecular flexibility index (Phi) is 6.27. The van der Waals surface area contributed by atoms with Gasteiger partial charge in [-0.25, -0.2) is 9.59 Å². The minimum absolute atomic E-state index is 0.0473. The third kappa shape index (κ3) is 5.07. The predicted molar refractivity (Wildman–Crippen MR) is 74.7 cm³/mol. The molecule has 110 valence electrons. The molecule has 20 heavy (non-hydrogen) atoms. The normalized spacial score (nSPS) is 13.3. The third-order valence-electron chi connectivity index (χ3n) is 2.72. The van der Waals surface area contributed by atoms with E-state index in [4.69, 9.17) is 21.8 Å². The summed E-state index contributed by atoms with van der Waals surface area (Å²) in [7, 11) is 0. The molecule has 4 N–H and O–H groups in total. The Balaban J connectivity index is 2.59. The van der Waals surface area contributed by atoms with Gasteiger partial charge < -0.3 is 20.8 Å². The molecule has 0 bridgehead atoms. The second kappa shape index (κ2) is 7.72. The van der Waals surface area contributed by atoms with Crippen molar-refractivity contribution in [2.24, 2.45) is 0 Å². The van der Waals surface area contributed by atoms with Gasteiger partial charge in [-0.15, -0.1) is 0 Å². The fourth-order valence-electron chi connectivity index (χ4n) is 1.64. The Labute approximate surface area is 121 Å². The number of aliphatic hydroxyl groups is 1. The van der Waals surface area contributed by atoms with Crippen molar-refractivity contribution in [3.05, 3.63) is 34.9 Å². The van der Waals surface area contributed by atoms with Gasteiger partial charge in [-0.05, 0) is 24.6 Å². The number of carbonyl (C=O) groups excluding carboxylic acids is 1. The van der Waals surface area contributed by atoms with E-state index in [0.29, 0.717) is 5.02 Å². The number of aliphatic hydroxyl groups excluding tert-OH is 1. The molecule has 0 aliphatic carbocycles. The van der Waals surface area contributed by atoms with E-state index in [-0.39, 0.29) is 19.1 Å². The summed E-state index contributed by atoms with van der Waals surface area (Å²) in [5.41, 5.74) is 0.807. The molecule has 7 heteroatoms. The van der Waals surface area contributed by atoms with Gasteiger partial charge in [-0.1, -0.05) is 23.7 Å². The molecule has 0 heterocycles. The highest BCUT2D eigenvalue weighted by molar-refractivity contribution is 6.30. The van der Waals surface area contributed by atoms with Gasteiger partial charge in [-0.3, -0.25) is 0 Å². The maximum absolute atomic E-state index is 11.7. The van der Waals surface area contributed by atoms with Gasteiger partial charge in [0.15, 0.2) is 0 Å². The molecule has 1 aromatic carbocycles. The number of hydrogen-bond donors (Lipinski definition) is 4. The number of urea groups is 1. The van der Waals surface area contributed by atoms with Crippen LogP contribution in [0.3, 0.4) is 0 Å². The minimum atomic E-state index is -1.19. The molecule has 0 radical (unpaired) electrons. The highest BCUT2D eigenvalue weighted by Crippen LogP contribution is 2.17. The van der Waals surface area contributed by atoms with E-state index in [1.165, 1.54) is 0 Å². The Bertz CT molecular complexity index is 481. The molecular formula is C13H17ClN2O4. The van der Waals surface area contributed by atoms with Crippen LogP contribution in [0.1, 0.15) is 24.9 Å². The van der Waals surface area contributed by atoms with Gasteiger partial charge in [0, 0.05) is 18.1 Å². The van der Waals surface area contributed by atoms with Crippen molar-refractivity contribution in [1.82, 2.24) is 10.6 Å². The number of hydrogen-bond acceptors (Lipinski definition) is 3. The molecule has 6 nitrogen and oxygen atoms in total. The first-order valence-electron chi connectivity index (χ1n) is 6.10. The quantitative estimate of drug-likeness (QED) is 0.640. The minimum Gasteiger partial charge on any atom is -0.480 e. The maximum atomic E-state index is 11.7. The van der Waals surface area contributed by atoms with Crippen LogP contribution in [0.15, 0.2) is 24.3 Å². The van der Waals surface area contributed by atoms with Crippen LogP contribution in [0.25, 0.3) is 0 Å².